The van der Waals surface area contributed by atoms with Crippen molar-refractivity contribution in [2.45, 2.75) is 6.92 Å². The molecule has 0 saturated heterocycles. The number of fused-ring (bicyclic) bond motifs is 1. The first-order valence-electron chi connectivity index (χ1n) is 3.09. The molecule has 0 bridgehead atoms. The Morgan fingerprint density at radius 2 is 2.42 bits per heavy atom. The van der Waals surface area contributed by atoms with Crippen LogP contribution in [0.1, 0.15) is 5.69 Å². The van der Waals surface area contributed by atoms with Gasteiger partial charge in [-0.25, -0.2) is 9.89 Å². The molecule has 58 valence electrons. The first kappa shape index (κ1) is 7.46. The minimum atomic E-state index is -0.288. The topological polar surface area (TPSA) is 63.0 Å². The smallest absolute Gasteiger partial charge is 0.346 e. The fourth-order valence-corrected chi connectivity index (χ4v) is 0.832. The summed E-state index contributed by atoms with van der Waals surface area (Å²) >= 11 is 0. The summed E-state index contributed by atoms with van der Waals surface area (Å²) in [4.78, 5) is 14.8. The van der Waals surface area contributed by atoms with Crippen molar-refractivity contribution < 1.29 is 0 Å². The molecule has 2 aromatic rings. The third kappa shape index (κ3) is 0.792. The molecule has 0 radical (unpaired) electrons. The average Bonchev–Trinajstić information content (AvgIpc) is 2.32. The van der Waals surface area contributed by atoms with Gasteiger partial charge >= 0.3 is 5.69 Å². The number of hydrogen-bond acceptors (Lipinski definition) is 3. The fourth-order valence-electron chi connectivity index (χ4n) is 0.832. The van der Waals surface area contributed by atoms with Gasteiger partial charge in [-0.15, -0.1) is 10.8 Å². The number of nitrogens with zero attached hydrogens (tertiary/aromatic N) is 3. The predicted molar refractivity (Wildman–Crippen MR) is 37.2 cm³/mol. The molecule has 0 fully saturated rings. The van der Waals surface area contributed by atoms with Crippen molar-refractivity contribution in [3.8, 4) is 0 Å². The van der Waals surface area contributed by atoms with Crippen LogP contribution in [0.3, 0.4) is 0 Å². The van der Waals surface area contributed by atoms with Gasteiger partial charge in [0.25, 0.3) is 0 Å². The average molecular weight is 416 g/mol. The molecule has 0 aromatic carbocycles. The number of nitrogens with one attached hydrogen (secondary N) is 1. The zero-order chi connectivity index (χ0) is 7.84. The van der Waals surface area contributed by atoms with Gasteiger partial charge in [0.2, 0.25) is 5.78 Å². The Kier molecular flexibility index (Phi) is 1.36. The van der Waals surface area contributed by atoms with Gasteiger partial charge in [0.05, 0.1) is 0 Å². The predicted octanol–water partition coefficient (Wildman–Crippen LogP) is -0.474. The Bertz CT molecular complexity index is 446. The second-order valence-corrected chi connectivity index (χ2v) is 2.17. The summed E-state index contributed by atoms with van der Waals surface area (Å²) in [6, 6.07) is 2.79. The Hall–Kier alpha value is -2.65. The van der Waals surface area contributed by atoms with Crippen LogP contribution in [0.25, 0.3) is 5.78 Å². The van der Waals surface area contributed by atoms with Gasteiger partial charge in [-0.3, -0.25) is 9.38 Å². The molecule has 1 N–H and O–H groups in total. The van der Waals surface area contributed by atoms with Crippen LogP contribution in [-0.4, -0.2) is 19.6 Å². The maximum absolute atomic E-state index is 10.9. The number of rotatable bonds is 0. The van der Waals surface area contributed by atoms with E-state index in [0.29, 0.717) is 5.78 Å². The van der Waals surface area contributed by atoms with E-state index in [1.807, 2.05) is 0 Å². The van der Waals surface area contributed by atoms with Gasteiger partial charge in [-0.05, 0) is 0 Å². The summed E-state index contributed by atoms with van der Waals surface area (Å²) in [6.07, 6.45) is 1.52. The van der Waals surface area contributed by atoms with Crippen molar-refractivity contribution >= 4 is 5.78 Å². The quantitative estimate of drug-likeness (QED) is 0.591. The maximum atomic E-state index is 10.9. The molecule has 2 rings (SSSR count). The Balaban J connectivity index is 0.000000720. The molecule has 2 aromatic heterocycles. The summed E-state index contributed by atoms with van der Waals surface area (Å²) in [5.41, 5.74) is 0.431. The van der Waals surface area contributed by atoms with Crippen molar-refractivity contribution in [3.63, 3.8) is 0 Å². The molecular formula is C6H5N4ORf-. The summed E-state index contributed by atoms with van der Waals surface area (Å²) in [5, 5.41) is 5.95. The van der Waals surface area contributed by atoms with E-state index in [1.54, 1.807) is 6.92 Å². The van der Waals surface area contributed by atoms with Crippen LogP contribution in [0.15, 0.2) is 11.0 Å². The van der Waals surface area contributed by atoms with Gasteiger partial charge in [-0.2, -0.15) is 6.20 Å². The van der Waals surface area contributed by atoms with Crippen molar-refractivity contribution in [1.82, 2.24) is 19.6 Å². The van der Waals surface area contributed by atoms with Crippen LogP contribution in [0.4, 0.5) is 0 Å². The number of hydrogen-bond donors (Lipinski definition) is 1. The van der Waals surface area contributed by atoms with Gasteiger partial charge < -0.3 is 6.07 Å². The van der Waals surface area contributed by atoms with Gasteiger partial charge in [0.1, 0.15) is 0 Å². The second-order valence-electron chi connectivity index (χ2n) is 2.17. The molecule has 0 aliphatic rings. The van der Waals surface area contributed by atoms with Crippen LogP contribution in [0.5, 0.6) is 0 Å². The van der Waals surface area contributed by atoms with E-state index in [-0.39, 0.29) is 5.69 Å². The number of aryl methyl sites for hydroxylation is 1. The van der Waals surface area contributed by atoms with Crippen LogP contribution in [0.2, 0.25) is 0 Å². The third-order valence-electron chi connectivity index (χ3n) is 1.36. The Morgan fingerprint density at radius 3 is 3.17 bits per heavy atom. The van der Waals surface area contributed by atoms with Crippen molar-refractivity contribution in [1.29, 1.82) is 0 Å². The standard InChI is InChI=1S/C6H5N4O.Rf/c1-4-2-3-10-5(7-4)8-9-6(10)11;/h3H,1H3,(H,9,11);/q-1;. The Labute approximate surface area is 61.7 Å². The van der Waals surface area contributed by atoms with Gasteiger partial charge in [0, 0.05) is 0 Å². The SMILES string of the molecule is Cc1[c-]cn2c(=O)[nH]nc2n1.[Rf]. The summed E-state index contributed by atoms with van der Waals surface area (Å²) in [7, 11) is 0. The molecule has 0 aliphatic heterocycles. The van der Waals surface area contributed by atoms with E-state index in [4.69, 9.17) is 0 Å². The van der Waals surface area contributed by atoms with Crippen LogP contribution in [0, 0.1) is 13.0 Å². The summed E-state index contributed by atoms with van der Waals surface area (Å²) in [6.45, 7) is 1.79. The van der Waals surface area contributed by atoms with E-state index in [0.717, 1.165) is 5.69 Å². The van der Waals surface area contributed by atoms with Gasteiger partial charge in [0.15, 0.2) is 0 Å². The number of aromatic nitrogens is 4. The molecule has 0 aliphatic carbocycles. The number of aromatic amines is 1. The molecule has 2 heterocycles. The fraction of sp³-hybridized carbons (Fsp3) is 0.167. The van der Waals surface area contributed by atoms with E-state index >= 15 is 0 Å². The monoisotopic (exact) mass is 416 g/mol. The normalized spacial score (nSPS) is 9.75. The first-order chi connectivity index (χ1) is 5.27. The summed E-state index contributed by atoms with van der Waals surface area (Å²) in [5.74, 6) is 0.381. The minimum absolute atomic E-state index is 0. The van der Waals surface area contributed by atoms with Crippen molar-refractivity contribution in [2.75, 3.05) is 0 Å². The molecular weight excluding hydrogens is 411 g/mol. The van der Waals surface area contributed by atoms with Crippen LogP contribution >= 0.6 is 0 Å². The maximum Gasteiger partial charge on any atom is 0.346 e. The summed E-state index contributed by atoms with van der Waals surface area (Å²) < 4.78 is 1.30. The molecule has 0 spiro atoms. The Morgan fingerprint density at radius 1 is 1.67 bits per heavy atom. The molecule has 0 unspecified atom stereocenters. The van der Waals surface area contributed by atoms with Crippen LogP contribution in [-0.2, 0) is 0 Å². The zero-order valence-electron chi connectivity index (χ0n) is 6.53. The van der Waals surface area contributed by atoms with E-state index in [1.165, 1.54) is 10.6 Å². The van der Waals surface area contributed by atoms with Gasteiger partial charge in [-0.1, -0.05) is 6.92 Å². The molecule has 0 saturated carbocycles. The largest absolute Gasteiger partial charge is 0.432 e. The second kappa shape index (κ2) is 2.19. The molecule has 0 amide bonds. The molecule has 12 heavy (non-hydrogen) atoms. The molecule has 5 nitrogen and oxygen atoms in total. The van der Waals surface area contributed by atoms with E-state index in [2.05, 4.69) is 21.2 Å². The number of H-pyrrole nitrogens is 1. The first-order valence-corrected chi connectivity index (χ1v) is 3.09. The van der Waals surface area contributed by atoms with E-state index in [9.17, 15) is 4.79 Å². The third-order valence-corrected chi connectivity index (χ3v) is 1.36. The molecule has 0 atom stereocenters. The van der Waals surface area contributed by atoms with Crippen molar-refractivity contribution in [3.05, 3.63) is 28.4 Å². The zero-order valence-corrected chi connectivity index (χ0v) is 12.9. The van der Waals surface area contributed by atoms with Crippen LogP contribution < -0.4 is 5.69 Å². The minimum Gasteiger partial charge on any atom is -0.432 e. The van der Waals surface area contributed by atoms with E-state index < -0.39 is 0 Å². The molecule has 6 heteroatoms. The van der Waals surface area contributed by atoms with Crippen molar-refractivity contribution in [2.24, 2.45) is 0 Å².